The minimum Gasteiger partial charge on any atom is -0.347 e. The summed E-state index contributed by atoms with van der Waals surface area (Å²) >= 11 is 6.51. The lowest BCUT2D eigenvalue weighted by atomic mass is 10.1. The molecular weight excluding hydrogens is 308 g/mol. The molecule has 1 aromatic carbocycles. The van der Waals surface area contributed by atoms with Crippen LogP contribution in [0.15, 0.2) is 18.2 Å². The fraction of sp³-hybridized carbons (Fsp3) is 0.250. The molecule has 2 aromatic rings. The zero-order valence-electron chi connectivity index (χ0n) is 10.4. The summed E-state index contributed by atoms with van der Waals surface area (Å²) < 4.78 is 27.1. The minimum atomic E-state index is -0.634. The first-order valence-corrected chi connectivity index (χ1v) is 6.89. The molecule has 0 aliphatic rings. The van der Waals surface area contributed by atoms with Crippen molar-refractivity contribution >= 4 is 28.8 Å². The van der Waals surface area contributed by atoms with Crippen LogP contribution in [0, 0.1) is 11.6 Å². The standard InChI is InChI=1S/C12H10ClF2N3OS/c1-6(5-7-8(14)3-2-4-9(7)15)16-10(19)11-17-18-12(13)20-11/h2-4,6H,5H2,1H3,(H,16,19). The van der Waals surface area contributed by atoms with E-state index in [0.29, 0.717) is 0 Å². The zero-order valence-corrected chi connectivity index (χ0v) is 11.9. The van der Waals surface area contributed by atoms with Gasteiger partial charge >= 0.3 is 0 Å². The Hall–Kier alpha value is -1.60. The van der Waals surface area contributed by atoms with Gasteiger partial charge in [-0.25, -0.2) is 8.78 Å². The molecule has 1 amide bonds. The number of amides is 1. The molecule has 20 heavy (non-hydrogen) atoms. The maximum Gasteiger partial charge on any atom is 0.282 e. The summed E-state index contributed by atoms with van der Waals surface area (Å²) in [6.07, 6.45) is 0.0385. The molecule has 0 aliphatic carbocycles. The third kappa shape index (κ3) is 3.49. The van der Waals surface area contributed by atoms with Crippen LogP contribution in [0.4, 0.5) is 8.78 Å². The van der Waals surface area contributed by atoms with Gasteiger partial charge in [0.2, 0.25) is 9.47 Å². The molecule has 4 nitrogen and oxygen atoms in total. The summed E-state index contributed by atoms with van der Waals surface area (Å²) in [5.74, 6) is -1.74. The predicted molar refractivity (Wildman–Crippen MR) is 71.9 cm³/mol. The van der Waals surface area contributed by atoms with Crippen LogP contribution in [0.25, 0.3) is 0 Å². The van der Waals surface area contributed by atoms with E-state index in [1.165, 1.54) is 18.2 Å². The fourth-order valence-electron chi connectivity index (χ4n) is 1.67. The average molecular weight is 318 g/mol. The van der Waals surface area contributed by atoms with E-state index in [4.69, 9.17) is 11.6 Å². The highest BCUT2D eigenvalue weighted by molar-refractivity contribution is 7.17. The Morgan fingerprint density at radius 3 is 2.60 bits per heavy atom. The first-order valence-electron chi connectivity index (χ1n) is 5.70. The number of nitrogens with one attached hydrogen (secondary N) is 1. The van der Waals surface area contributed by atoms with Crippen LogP contribution in [-0.4, -0.2) is 22.1 Å². The van der Waals surface area contributed by atoms with E-state index in [9.17, 15) is 13.6 Å². The van der Waals surface area contributed by atoms with Crippen molar-refractivity contribution in [1.82, 2.24) is 15.5 Å². The van der Waals surface area contributed by atoms with Gasteiger partial charge < -0.3 is 5.32 Å². The van der Waals surface area contributed by atoms with Gasteiger partial charge in [-0.1, -0.05) is 17.4 Å². The van der Waals surface area contributed by atoms with Crippen LogP contribution in [0.1, 0.15) is 22.3 Å². The molecule has 0 saturated heterocycles. The minimum absolute atomic E-state index is 0.0385. The van der Waals surface area contributed by atoms with Crippen molar-refractivity contribution in [3.63, 3.8) is 0 Å². The molecule has 0 bridgehead atoms. The van der Waals surface area contributed by atoms with Gasteiger partial charge in [-0.2, -0.15) is 0 Å². The molecule has 0 aliphatic heterocycles. The lowest BCUT2D eigenvalue weighted by Crippen LogP contribution is -2.34. The highest BCUT2D eigenvalue weighted by atomic mass is 35.5. The van der Waals surface area contributed by atoms with E-state index < -0.39 is 23.6 Å². The lowest BCUT2D eigenvalue weighted by Gasteiger charge is -2.13. The highest BCUT2D eigenvalue weighted by Gasteiger charge is 2.17. The van der Waals surface area contributed by atoms with Gasteiger partial charge in [0.25, 0.3) is 5.91 Å². The van der Waals surface area contributed by atoms with Gasteiger partial charge in [0.15, 0.2) is 0 Å². The molecule has 0 saturated carbocycles. The molecule has 0 spiro atoms. The van der Waals surface area contributed by atoms with E-state index in [0.717, 1.165) is 11.3 Å². The van der Waals surface area contributed by atoms with Gasteiger partial charge in [0.1, 0.15) is 11.6 Å². The van der Waals surface area contributed by atoms with E-state index >= 15 is 0 Å². The summed E-state index contributed by atoms with van der Waals surface area (Å²) in [7, 11) is 0. The summed E-state index contributed by atoms with van der Waals surface area (Å²) in [5.41, 5.74) is -0.0596. The lowest BCUT2D eigenvalue weighted by molar-refractivity contribution is 0.0938. The quantitative estimate of drug-likeness (QED) is 0.943. The van der Waals surface area contributed by atoms with Crippen LogP contribution in [-0.2, 0) is 6.42 Å². The summed E-state index contributed by atoms with van der Waals surface area (Å²) in [6, 6.07) is 3.19. The van der Waals surface area contributed by atoms with Crippen LogP contribution >= 0.6 is 22.9 Å². The molecular formula is C12H10ClF2N3OS. The average Bonchev–Trinajstić information content (AvgIpc) is 2.81. The first-order chi connectivity index (χ1) is 9.47. The van der Waals surface area contributed by atoms with Crippen molar-refractivity contribution in [3.8, 4) is 0 Å². The highest BCUT2D eigenvalue weighted by Crippen LogP contribution is 2.16. The molecule has 1 unspecified atom stereocenters. The van der Waals surface area contributed by atoms with Gasteiger partial charge in [-0.3, -0.25) is 4.79 Å². The number of hydrogen-bond donors (Lipinski definition) is 1. The first kappa shape index (κ1) is 14.8. The number of rotatable bonds is 4. The Labute approximate surface area is 122 Å². The fourth-order valence-corrected chi connectivity index (χ4v) is 2.40. The summed E-state index contributed by atoms with van der Waals surface area (Å²) in [5, 5.41) is 9.79. The van der Waals surface area contributed by atoms with Gasteiger partial charge in [-0.05, 0) is 37.1 Å². The number of halogens is 3. The Kier molecular flexibility index (Phi) is 4.61. The second-order valence-electron chi connectivity index (χ2n) is 4.14. The molecule has 1 heterocycles. The maximum atomic E-state index is 13.5. The van der Waals surface area contributed by atoms with Crippen molar-refractivity contribution in [3.05, 3.63) is 44.9 Å². The second kappa shape index (κ2) is 6.23. The number of aromatic nitrogens is 2. The van der Waals surface area contributed by atoms with Crippen molar-refractivity contribution in [1.29, 1.82) is 0 Å². The smallest absolute Gasteiger partial charge is 0.282 e. The van der Waals surface area contributed by atoms with Crippen LogP contribution in [0.5, 0.6) is 0 Å². The van der Waals surface area contributed by atoms with E-state index in [1.807, 2.05) is 0 Å². The Balaban J connectivity index is 2.02. The van der Waals surface area contributed by atoms with Crippen molar-refractivity contribution in [2.24, 2.45) is 0 Å². The molecule has 8 heteroatoms. The Bertz CT molecular complexity index is 615. The van der Waals surface area contributed by atoms with E-state index in [2.05, 4.69) is 15.5 Å². The number of carbonyl (C=O) groups excluding carboxylic acids is 1. The molecule has 0 radical (unpaired) electrons. The molecule has 0 fully saturated rings. The summed E-state index contributed by atoms with van der Waals surface area (Å²) in [4.78, 5) is 11.8. The van der Waals surface area contributed by atoms with Crippen molar-refractivity contribution in [2.75, 3.05) is 0 Å². The monoisotopic (exact) mass is 317 g/mol. The predicted octanol–water partition coefficient (Wildman–Crippen LogP) is 2.83. The molecule has 1 N–H and O–H groups in total. The van der Waals surface area contributed by atoms with Crippen LogP contribution in [0.2, 0.25) is 4.47 Å². The maximum absolute atomic E-state index is 13.5. The van der Waals surface area contributed by atoms with Gasteiger partial charge in [0.05, 0.1) is 0 Å². The third-order valence-corrected chi connectivity index (χ3v) is 3.56. The van der Waals surface area contributed by atoms with E-state index in [1.54, 1.807) is 6.92 Å². The van der Waals surface area contributed by atoms with Crippen LogP contribution < -0.4 is 5.32 Å². The van der Waals surface area contributed by atoms with Crippen LogP contribution in [0.3, 0.4) is 0 Å². The molecule has 1 atom stereocenters. The third-order valence-electron chi connectivity index (χ3n) is 2.54. The molecule has 2 rings (SSSR count). The van der Waals surface area contributed by atoms with Crippen molar-refractivity contribution < 1.29 is 13.6 Å². The van der Waals surface area contributed by atoms with Crippen molar-refractivity contribution in [2.45, 2.75) is 19.4 Å². The molecule has 106 valence electrons. The topological polar surface area (TPSA) is 54.9 Å². The Morgan fingerprint density at radius 2 is 2.05 bits per heavy atom. The zero-order chi connectivity index (χ0) is 14.7. The van der Waals surface area contributed by atoms with Gasteiger partial charge in [-0.15, -0.1) is 10.2 Å². The second-order valence-corrected chi connectivity index (χ2v) is 5.70. The number of nitrogens with zero attached hydrogens (tertiary/aromatic N) is 2. The normalized spacial score (nSPS) is 12.2. The largest absolute Gasteiger partial charge is 0.347 e. The molecule has 1 aromatic heterocycles. The number of hydrogen-bond acceptors (Lipinski definition) is 4. The number of carbonyl (C=O) groups is 1. The summed E-state index contributed by atoms with van der Waals surface area (Å²) in [6.45, 7) is 1.65. The number of benzene rings is 1. The van der Waals surface area contributed by atoms with E-state index in [-0.39, 0.29) is 21.5 Å². The SMILES string of the molecule is CC(Cc1c(F)cccc1F)NC(=O)c1nnc(Cl)s1. The van der Waals surface area contributed by atoms with Gasteiger partial charge in [0, 0.05) is 11.6 Å². The Morgan fingerprint density at radius 1 is 1.40 bits per heavy atom.